The molecule has 0 fully saturated rings. The Bertz CT molecular complexity index is 591. The van der Waals surface area contributed by atoms with E-state index in [1.54, 1.807) is 18.3 Å². The number of nitrogens with one attached hydrogen (secondary N) is 1. The molecule has 6 heteroatoms. The lowest BCUT2D eigenvalue weighted by Gasteiger charge is -2.11. The van der Waals surface area contributed by atoms with Gasteiger partial charge in [0, 0.05) is 22.4 Å². The van der Waals surface area contributed by atoms with Crippen molar-refractivity contribution in [2.75, 3.05) is 11.9 Å². The second-order valence-electron chi connectivity index (χ2n) is 4.48. The van der Waals surface area contributed by atoms with Crippen LogP contribution in [-0.4, -0.2) is 27.7 Å². The molecule has 0 spiro atoms. The largest absolute Gasteiger partial charge is 0.507 e. The minimum atomic E-state index is 0.0968. The predicted molar refractivity (Wildman–Crippen MR) is 88.6 cm³/mol. The van der Waals surface area contributed by atoms with Crippen molar-refractivity contribution in [2.24, 2.45) is 5.73 Å². The van der Waals surface area contributed by atoms with Crippen LogP contribution >= 0.6 is 22.6 Å². The number of benzene rings is 1. The highest BCUT2D eigenvalue weighted by molar-refractivity contribution is 14.1. The molecule has 2 aromatic rings. The Labute approximate surface area is 131 Å². The molecular formula is C14H17IN4O. The lowest BCUT2D eigenvalue weighted by molar-refractivity contribution is 0.477. The molecule has 0 aliphatic heterocycles. The molecule has 1 unspecified atom stereocenters. The highest BCUT2D eigenvalue weighted by atomic mass is 127. The number of phenolic OH excluding ortho intramolecular Hbond substituents is 1. The standard InChI is InChI=1S/C14H17IN4O/c1-2-10(16)8-18-13-5-6-17-14(19-13)11-7-9(15)3-4-12(11)20/h3-7,10,20H,2,8,16H2,1H3,(H,17,18,19). The van der Waals surface area contributed by atoms with E-state index in [1.165, 1.54) is 0 Å². The Kier molecular flexibility index (Phi) is 5.13. The van der Waals surface area contributed by atoms with Gasteiger partial charge in [0.1, 0.15) is 11.6 Å². The van der Waals surface area contributed by atoms with E-state index in [-0.39, 0.29) is 11.8 Å². The van der Waals surface area contributed by atoms with Gasteiger partial charge in [-0.3, -0.25) is 0 Å². The summed E-state index contributed by atoms with van der Waals surface area (Å²) in [4.78, 5) is 8.62. The smallest absolute Gasteiger partial charge is 0.165 e. The molecule has 1 heterocycles. The van der Waals surface area contributed by atoms with Gasteiger partial charge < -0.3 is 16.2 Å². The zero-order chi connectivity index (χ0) is 14.5. The van der Waals surface area contributed by atoms with Gasteiger partial charge >= 0.3 is 0 Å². The normalized spacial score (nSPS) is 12.2. The van der Waals surface area contributed by atoms with Crippen LogP contribution in [0.1, 0.15) is 13.3 Å². The molecule has 0 saturated carbocycles. The Morgan fingerprint density at radius 2 is 2.20 bits per heavy atom. The maximum absolute atomic E-state index is 9.91. The summed E-state index contributed by atoms with van der Waals surface area (Å²) in [5, 5.41) is 13.1. The van der Waals surface area contributed by atoms with Crippen LogP contribution in [0.25, 0.3) is 11.4 Å². The van der Waals surface area contributed by atoms with Crippen LogP contribution in [0.4, 0.5) is 5.82 Å². The number of nitrogens with zero attached hydrogens (tertiary/aromatic N) is 2. The number of hydrogen-bond acceptors (Lipinski definition) is 5. The van der Waals surface area contributed by atoms with Crippen molar-refractivity contribution in [3.63, 3.8) is 0 Å². The maximum Gasteiger partial charge on any atom is 0.165 e. The third kappa shape index (κ3) is 3.80. The maximum atomic E-state index is 9.91. The van der Waals surface area contributed by atoms with Crippen LogP contribution in [0.15, 0.2) is 30.5 Å². The van der Waals surface area contributed by atoms with E-state index in [4.69, 9.17) is 5.73 Å². The first kappa shape index (κ1) is 15.0. The average molecular weight is 384 g/mol. The van der Waals surface area contributed by atoms with Gasteiger partial charge in [0.25, 0.3) is 0 Å². The number of anilines is 1. The van der Waals surface area contributed by atoms with Gasteiger partial charge in [-0.15, -0.1) is 0 Å². The fourth-order valence-electron chi connectivity index (χ4n) is 1.65. The van der Waals surface area contributed by atoms with E-state index >= 15 is 0 Å². The van der Waals surface area contributed by atoms with E-state index < -0.39 is 0 Å². The van der Waals surface area contributed by atoms with Crippen molar-refractivity contribution in [3.05, 3.63) is 34.0 Å². The van der Waals surface area contributed by atoms with E-state index in [0.29, 0.717) is 23.8 Å². The van der Waals surface area contributed by atoms with Crippen molar-refractivity contribution < 1.29 is 5.11 Å². The Morgan fingerprint density at radius 1 is 1.40 bits per heavy atom. The SMILES string of the molecule is CCC(N)CNc1ccnc(-c2cc(I)ccc2O)n1. The van der Waals surface area contributed by atoms with Gasteiger partial charge in [0.15, 0.2) is 5.82 Å². The summed E-state index contributed by atoms with van der Waals surface area (Å²) in [6.45, 7) is 2.70. The van der Waals surface area contributed by atoms with Crippen molar-refractivity contribution in [3.8, 4) is 17.1 Å². The molecule has 20 heavy (non-hydrogen) atoms. The van der Waals surface area contributed by atoms with Gasteiger partial charge in [-0.1, -0.05) is 6.92 Å². The summed E-state index contributed by atoms with van der Waals surface area (Å²) in [6, 6.07) is 7.22. The Morgan fingerprint density at radius 3 is 2.95 bits per heavy atom. The van der Waals surface area contributed by atoms with Crippen molar-refractivity contribution in [2.45, 2.75) is 19.4 Å². The lowest BCUT2D eigenvalue weighted by Crippen LogP contribution is -2.28. The summed E-state index contributed by atoms with van der Waals surface area (Å²) < 4.78 is 1.02. The molecule has 1 aromatic heterocycles. The van der Waals surface area contributed by atoms with Gasteiger partial charge in [-0.25, -0.2) is 9.97 Å². The van der Waals surface area contributed by atoms with Crippen molar-refractivity contribution in [1.82, 2.24) is 9.97 Å². The fraction of sp³-hybridized carbons (Fsp3) is 0.286. The molecule has 0 aliphatic rings. The fourth-order valence-corrected chi connectivity index (χ4v) is 2.15. The molecule has 5 nitrogen and oxygen atoms in total. The molecule has 0 radical (unpaired) electrons. The summed E-state index contributed by atoms with van der Waals surface area (Å²) >= 11 is 2.19. The molecule has 1 atom stereocenters. The van der Waals surface area contributed by atoms with Crippen LogP contribution in [0.2, 0.25) is 0 Å². The number of nitrogens with two attached hydrogens (primary N) is 1. The second kappa shape index (κ2) is 6.85. The molecular weight excluding hydrogens is 367 g/mol. The number of hydrogen-bond donors (Lipinski definition) is 3. The third-order valence-electron chi connectivity index (χ3n) is 2.92. The molecule has 0 aliphatic carbocycles. The Hall–Kier alpha value is -1.41. The summed E-state index contributed by atoms with van der Waals surface area (Å²) in [5.74, 6) is 1.38. The predicted octanol–water partition coefficient (Wildman–Crippen LogP) is 2.60. The molecule has 2 rings (SSSR count). The topological polar surface area (TPSA) is 84.1 Å². The number of aromatic nitrogens is 2. The first-order valence-electron chi connectivity index (χ1n) is 6.41. The van der Waals surface area contributed by atoms with Crippen LogP contribution in [0.3, 0.4) is 0 Å². The van der Waals surface area contributed by atoms with Gasteiger partial charge in [0.2, 0.25) is 0 Å². The summed E-state index contributed by atoms with van der Waals surface area (Å²) in [7, 11) is 0. The summed E-state index contributed by atoms with van der Waals surface area (Å²) in [6.07, 6.45) is 2.57. The highest BCUT2D eigenvalue weighted by Crippen LogP contribution is 2.28. The minimum Gasteiger partial charge on any atom is -0.507 e. The van der Waals surface area contributed by atoms with Gasteiger partial charge in [-0.05, 0) is 53.3 Å². The minimum absolute atomic E-state index is 0.0968. The van der Waals surface area contributed by atoms with E-state index in [2.05, 4.69) is 37.9 Å². The zero-order valence-electron chi connectivity index (χ0n) is 11.2. The van der Waals surface area contributed by atoms with Crippen molar-refractivity contribution >= 4 is 28.4 Å². The van der Waals surface area contributed by atoms with Crippen LogP contribution in [0, 0.1) is 3.57 Å². The quantitative estimate of drug-likeness (QED) is 0.691. The lowest BCUT2D eigenvalue weighted by atomic mass is 10.2. The second-order valence-corrected chi connectivity index (χ2v) is 5.72. The number of rotatable bonds is 5. The Balaban J connectivity index is 2.23. The van der Waals surface area contributed by atoms with Crippen LogP contribution < -0.4 is 11.1 Å². The molecule has 106 valence electrons. The average Bonchev–Trinajstić information content (AvgIpc) is 2.47. The first-order valence-corrected chi connectivity index (χ1v) is 7.49. The van der Waals surface area contributed by atoms with E-state index in [1.807, 2.05) is 19.1 Å². The number of phenols is 1. The molecule has 0 saturated heterocycles. The highest BCUT2D eigenvalue weighted by Gasteiger charge is 2.09. The van der Waals surface area contributed by atoms with Crippen LogP contribution in [-0.2, 0) is 0 Å². The zero-order valence-corrected chi connectivity index (χ0v) is 13.3. The third-order valence-corrected chi connectivity index (χ3v) is 3.60. The molecule has 1 aromatic carbocycles. The molecule has 4 N–H and O–H groups in total. The van der Waals surface area contributed by atoms with Crippen molar-refractivity contribution in [1.29, 1.82) is 0 Å². The number of halogens is 1. The first-order chi connectivity index (χ1) is 9.60. The summed E-state index contributed by atoms with van der Waals surface area (Å²) in [5.41, 5.74) is 6.49. The molecule has 0 amide bonds. The van der Waals surface area contributed by atoms with E-state index in [0.717, 1.165) is 9.99 Å². The molecule has 0 bridgehead atoms. The van der Waals surface area contributed by atoms with Crippen LogP contribution in [0.5, 0.6) is 5.75 Å². The van der Waals surface area contributed by atoms with Gasteiger partial charge in [-0.2, -0.15) is 0 Å². The van der Waals surface area contributed by atoms with Gasteiger partial charge in [0.05, 0.1) is 5.56 Å². The van der Waals surface area contributed by atoms with E-state index in [9.17, 15) is 5.11 Å². The number of aromatic hydroxyl groups is 1. The monoisotopic (exact) mass is 384 g/mol.